The molecule has 4 nitrogen and oxygen atoms in total. The van der Waals surface area contributed by atoms with Gasteiger partial charge >= 0.3 is 0 Å². The van der Waals surface area contributed by atoms with Gasteiger partial charge in [-0.25, -0.2) is 9.67 Å². The van der Waals surface area contributed by atoms with Crippen molar-refractivity contribution in [2.45, 2.75) is 26.3 Å². The molecule has 2 rings (SSSR count). The molecule has 0 fully saturated rings. The van der Waals surface area contributed by atoms with Crippen molar-refractivity contribution in [3.63, 3.8) is 0 Å². The van der Waals surface area contributed by atoms with Crippen LogP contribution in [0.3, 0.4) is 0 Å². The average Bonchev–Trinajstić information content (AvgIpc) is 2.77. The SMILES string of the molecule is CC(C)n1ncnc1CC(=O)c1cccc(I)c1. The van der Waals surface area contributed by atoms with E-state index in [1.165, 1.54) is 6.33 Å². The fraction of sp³-hybridized carbons (Fsp3) is 0.308. The molecule has 0 amide bonds. The molecule has 0 spiro atoms. The summed E-state index contributed by atoms with van der Waals surface area (Å²) in [7, 11) is 0. The molecule has 1 aromatic carbocycles. The van der Waals surface area contributed by atoms with Gasteiger partial charge in [0, 0.05) is 15.2 Å². The zero-order valence-corrected chi connectivity index (χ0v) is 12.5. The normalized spacial score (nSPS) is 10.9. The molecule has 1 aromatic heterocycles. The summed E-state index contributed by atoms with van der Waals surface area (Å²) < 4.78 is 2.84. The third-order valence-corrected chi connectivity index (χ3v) is 3.27. The van der Waals surface area contributed by atoms with Crippen molar-refractivity contribution in [2.75, 3.05) is 0 Å². The zero-order chi connectivity index (χ0) is 13.1. The lowest BCUT2D eigenvalue weighted by atomic mass is 10.1. The van der Waals surface area contributed by atoms with Gasteiger partial charge in [-0.15, -0.1) is 0 Å². The second-order valence-electron chi connectivity index (χ2n) is 4.32. The Morgan fingerprint density at radius 1 is 1.44 bits per heavy atom. The quantitative estimate of drug-likeness (QED) is 0.626. The number of carbonyl (C=O) groups is 1. The van der Waals surface area contributed by atoms with Crippen LogP contribution in [0, 0.1) is 3.57 Å². The molecule has 5 heteroatoms. The highest BCUT2D eigenvalue weighted by Crippen LogP contribution is 2.12. The number of aromatic nitrogens is 3. The lowest BCUT2D eigenvalue weighted by Gasteiger charge is -2.08. The summed E-state index contributed by atoms with van der Waals surface area (Å²) in [4.78, 5) is 16.3. The Labute approximate surface area is 120 Å². The summed E-state index contributed by atoms with van der Waals surface area (Å²) in [5, 5.41) is 4.13. The molecular formula is C13H14IN3O. The van der Waals surface area contributed by atoms with Gasteiger partial charge in [0.25, 0.3) is 0 Å². The van der Waals surface area contributed by atoms with E-state index < -0.39 is 0 Å². The first-order chi connectivity index (χ1) is 8.58. The van der Waals surface area contributed by atoms with E-state index in [0.29, 0.717) is 5.82 Å². The van der Waals surface area contributed by atoms with E-state index in [0.717, 1.165) is 9.13 Å². The molecule has 0 aliphatic carbocycles. The molecule has 94 valence electrons. The van der Waals surface area contributed by atoms with Crippen molar-refractivity contribution < 1.29 is 4.79 Å². The first kappa shape index (κ1) is 13.2. The van der Waals surface area contributed by atoms with Crippen molar-refractivity contribution in [2.24, 2.45) is 0 Å². The predicted octanol–water partition coefficient (Wildman–Crippen LogP) is 2.89. The van der Waals surface area contributed by atoms with Gasteiger partial charge in [0.15, 0.2) is 5.78 Å². The monoisotopic (exact) mass is 355 g/mol. The molecule has 0 saturated carbocycles. The fourth-order valence-corrected chi connectivity index (χ4v) is 2.28. The number of rotatable bonds is 4. The molecule has 18 heavy (non-hydrogen) atoms. The second-order valence-corrected chi connectivity index (χ2v) is 5.57. The van der Waals surface area contributed by atoms with E-state index in [1.807, 2.05) is 38.1 Å². The minimum Gasteiger partial charge on any atom is -0.294 e. The number of hydrogen-bond acceptors (Lipinski definition) is 3. The molecule has 0 aliphatic rings. The fourth-order valence-electron chi connectivity index (χ4n) is 1.74. The molecule has 0 unspecified atom stereocenters. The summed E-state index contributed by atoms with van der Waals surface area (Å²) in [6.07, 6.45) is 1.79. The Morgan fingerprint density at radius 3 is 2.89 bits per heavy atom. The number of Topliss-reactive ketones (excluding diaryl/α,β-unsaturated/α-hetero) is 1. The number of benzene rings is 1. The van der Waals surface area contributed by atoms with E-state index in [9.17, 15) is 4.79 Å². The molecule has 0 atom stereocenters. The van der Waals surface area contributed by atoms with Crippen molar-refractivity contribution in [3.8, 4) is 0 Å². The Bertz CT molecular complexity index is 563. The maximum Gasteiger partial charge on any atom is 0.170 e. The van der Waals surface area contributed by atoms with Crippen LogP contribution >= 0.6 is 22.6 Å². The number of nitrogens with zero attached hydrogens (tertiary/aromatic N) is 3. The Kier molecular flexibility index (Phi) is 4.11. The van der Waals surface area contributed by atoms with Gasteiger partial charge < -0.3 is 0 Å². The van der Waals surface area contributed by atoms with Crippen LogP contribution < -0.4 is 0 Å². The first-order valence-electron chi connectivity index (χ1n) is 5.75. The lowest BCUT2D eigenvalue weighted by molar-refractivity contribution is 0.0989. The van der Waals surface area contributed by atoms with E-state index in [2.05, 4.69) is 32.7 Å². The van der Waals surface area contributed by atoms with Crippen molar-refractivity contribution in [1.29, 1.82) is 0 Å². The minimum absolute atomic E-state index is 0.0726. The summed E-state index contributed by atoms with van der Waals surface area (Å²) >= 11 is 2.20. The van der Waals surface area contributed by atoms with Gasteiger partial charge in [0.05, 0.1) is 6.42 Å². The molecule has 1 heterocycles. The summed E-state index contributed by atoms with van der Waals surface area (Å²) in [5.74, 6) is 0.789. The first-order valence-corrected chi connectivity index (χ1v) is 6.83. The van der Waals surface area contributed by atoms with Crippen LogP contribution in [0.1, 0.15) is 36.1 Å². The standard InChI is InChI=1S/C13H14IN3O/c1-9(2)17-13(15-8-16-17)7-12(18)10-4-3-5-11(14)6-10/h3-6,8-9H,7H2,1-2H3. The van der Waals surface area contributed by atoms with Crippen LogP contribution in [-0.2, 0) is 6.42 Å². The van der Waals surface area contributed by atoms with Crippen LogP contribution in [0.5, 0.6) is 0 Å². The number of carbonyl (C=O) groups excluding carboxylic acids is 1. The van der Waals surface area contributed by atoms with Crippen LogP contribution in [0.25, 0.3) is 0 Å². The van der Waals surface area contributed by atoms with Crippen LogP contribution in [0.2, 0.25) is 0 Å². The van der Waals surface area contributed by atoms with Crippen molar-refractivity contribution >= 4 is 28.4 Å². The van der Waals surface area contributed by atoms with Crippen LogP contribution in [0.4, 0.5) is 0 Å². The molecule has 0 N–H and O–H groups in total. The van der Waals surface area contributed by atoms with Gasteiger partial charge in [0.1, 0.15) is 12.2 Å². The maximum atomic E-state index is 12.2. The van der Waals surface area contributed by atoms with Gasteiger partial charge in [-0.1, -0.05) is 12.1 Å². The number of ketones is 1. The van der Waals surface area contributed by atoms with E-state index in [1.54, 1.807) is 4.68 Å². The highest BCUT2D eigenvalue weighted by atomic mass is 127. The van der Waals surface area contributed by atoms with Crippen molar-refractivity contribution in [3.05, 3.63) is 45.6 Å². The third-order valence-electron chi connectivity index (χ3n) is 2.60. The molecule has 0 bridgehead atoms. The summed E-state index contributed by atoms with van der Waals surface area (Å²) in [6, 6.07) is 7.79. The van der Waals surface area contributed by atoms with Gasteiger partial charge in [-0.3, -0.25) is 4.79 Å². The summed E-state index contributed by atoms with van der Waals surface area (Å²) in [5.41, 5.74) is 0.722. The smallest absolute Gasteiger partial charge is 0.170 e. The molecule has 0 aliphatic heterocycles. The lowest BCUT2D eigenvalue weighted by Crippen LogP contribution is -2.13. The Hall–Kier alpha value is -1.24. The van der Waals surface area contributed by atoms with E-state index >= 15 is 0 Å². The summed E-state index contributed by atoms with van der Waals surface area (Å²) in [6.45, 7) is 4.04. The average molecular weight is 355 g/mol. The van der Waals surface area contributed by atoms with Gasteiger partial charge in [-0.05, 0) is 48.6 Å². The van der Waals surface area contributed by atoms with Gasteiger partial charge in [-0.2, -0.15) is 5.10 Å². The second kappa shape index (κ2) is 5.60. The maximum absolute atomic E-state index is 12.2. The van der Waals surface area contributed by atoms with E-state index in [-0.39, 0.29) is 18.2 Å². The van der Waals surface area contributed by atoms with E-state index in [4.69, 9.17) is 0 Å². The third kappa shape index (κ3) is 2.95. The highest BCUT2D eigenvalue weighted by Gasteiger charge is 2.13. The number of hydrogen-bond donors (Lipinski definition) is 0. The van der Waals surface area contributed by atoms with Crippen LogP contribution in [-0.4, -0.2) is 20.5 Å². The van der Waals surface area contributed by atoms with Crippen molar-refractivity contribution in [1.82, 2.24) is 14.8 Å². The molecule has 2 aromatic rings. The highest BCUT2D eigenvalue weighted by molar-refractivity contribution is 14.1. The van der Waals surface area contributed by atoms with Gasteiger partial charge in [0.2, 0.25) is 0 Å². The van der Waals surface area contributed by atoms with Crippen LogP contribution in [0.15, 0.2) is 30.6 Å². The molecular weight excluding hydrogens is 341 g/mol. The largest absolute Gasteiger partial charge is 0.294 e. The number of halogens is 1. The predicted molar refractivity (Wildman–Crippen MR) is 77.6 cm³/mol. The Morgan fingerprint density at radius 2 is 2.22 bits per heavy atom. The molecule has 0 saturated heterocycles. The molecule has 0 radical (unpaired) electrons. The Balaban J connectivity index is 2.19. The topological polar surface area (TPSA) is 47.8 Å². The zero-order valence-electron chi connectivity index (χ0n) is 10.3. The minimum atomic E-state index is 0.0726.